The second-order valence-corrected chi connectivity index (χ2v) is 7.02. The van der Waals surface area contributed by atoms with Crippen LogP contribution in [0.1, 0.15) is 25.3 Å². The van der Waals surface area contributed by atoms with Gasteiger partial charge in [-0.15, -0.1) is 0 Å². The molecule has 0 spiro atoms. The van der Waals surface area contributed by atoms with Crippen LogP contribution in [-0.2, 0) is 16.0 Å². The number of carbonyl (C=O) groups is 1. The van der Waals surface area contributed by atoms with Crippen LogP contribution in [0.3, 0.4) is 0 Å². The Balaban J connectivity index is 1.56. The zero-order chi connectivity index (χ0) is 18.6. The minimum absolute atomic E-state index is 0.139. The number of ether oxygens (including phenoxy) is 2. The van der Waals surface area contributed by atoms with Crippen LogP contribution >= 0.6 is 0 Å². The van der Waals surface area contributed by atoms with Crippen LogP contribution < -0.4 is 15.8 Å². The van der Waals surface area contributed by atoms with E-state index in [0.717, 1.165) is 30.7 Å². The summed E-state index contributed by atoms with van der Waals surface area (Å²) in [6, 6.07) is 15.3. The summed E-state index contributed by atoms with van der Waals surface area (Å²) in [6.07, 6.45) is 2.93. The van der Waals surface area contributed by atoms with Gasteiger partial charge < -0.3 is 20.5 Å². The van der Waals surface area contributed by atoms with Crippen molar-refractivity contribution in [3.63, 3.8) is 0 Å². The Kier molecular flexibility index (Phi) is 5.59. The van der Waals surface area contributed by atoms with Crippen molar-refractivity contribution in [3.8, 4) is 11.5 Å². The standard InChI is InChI=1S/C21H26N2O3/c1-21(22,16-5-6-16)20(24)23-17-7-11-19(12-8-17)26-18-9-3-15(4-10-18)13-14-25-2/h3-4,7-12,16H,5-6,13-14,22H2,1-2H3,(H,23,24)/t21-/m1/s1. The van der Waals surface area contributed by atoms with Crippen LogP contribution in [0.2, 0.25) is 0 Å². The van der Waals surface area contributed by atoms with Gasteiger partial charge in [-0.25, -0.2) is 0 Å². The monoisotopic (exact) mass is 354 g/mol. The third kappa shape index (κ3) is 4.62. The SMILES string of the molecule is COCCc1ccc(Oc2ccc(NC(=O)[C@](C)(N)C3CC3)cc2)cc1. The molecule has 1 atom stereocenters. The number of methoxy groups -OCH3 is 1. The number of anilines is 1. The van der Waals surface area contributed by atoms with Gasteiger partial charge in [0, 0.05) is 12.8 Å². The van der Waals surface area contributed by atoms with Gasteiger partial charge in [0.2, 0.25) is 5.91 Å². The van der Waals surface area contributed by atoms with Crippen molar-refractivity contribution in [3.05, 3.63) is 54.1 Å². The third-order valence-electron chi connectivity index (χ3n) is 4.78. The lowest BCUT2D eigenvalue weighted by Crippen LogP contribution is -2.50. The summed E-state index contributed by atoms with van der Waals surface area (Å²) in [4.78, 5) is 12.3. The molecule has 5 heteroatoms. The Morgan fingerprint density at radius 3 is 2.23 bits per heavy atom. The van der Waals surface area contributed by atoms with E-state index in [1.807, 2.05) is 48.5 Å². The van der Waals surface area contributed by atoms with E-state index in [9.17, 15) is 4.79 Å². The van der Waals surface area contributed by atoms with Gasteiger partial charge in [-0.05, 0) is 74.1 Å². The van der Waals surface area contributed by atoms with Gasteiger partial charge in [-0.3, -0.25) is 4.79 Å². The maximum absolute atomic E-state index is 12.3. The number of rotatable bonds is 8. The third-order valence-corrected chi connectivity index (χ3v) is 4.78. The van der Waals surface area contributed by atoms with Crippen molar-refractivity contribution >= 4 is 11.6 Å². The van der Waals surface area contributed by atoms with E-state index in [2.05, 4.69) is 5.32 Å². The highest BCUT2D eigenvalue weighted by atomic mass is 16.5. The Labute approximate surface area is 154 Å². The lowest BCUT2D eigenvalue weighted by molar-refractivity contribution is -0.121. The molecule has 3 N–H and O–H groups in total. The van der Waals surface area contributed by atoms with Crippen molar-refractivity contribution < 1.29 is 14.3 Å². The van der Waals surface area contributed by atoms with E-state index in [0.29, 0.717) is 12.4 Å². The van der Waals surface area contributed by atoms with Crippen LogP contribution in [-0.4, -0.2) is 25.2 Å². The Morgan fingerprint density at radius 1 is 1.12 bits per heavy atom. The molecule has 26 heavy (non-hydrogen) atoms. The molecule has 5 nitrogen and oxygen atoms in total. The second-order valence-electron chi connectivity index (χ2n) is 7.02. The molecule has 0 radical (unpaired) electrons. The van der Waals surface area contributed by atoms with Crippen molar-refractivity contribution in [2.24, 2.45) is 11.7 Å². The van der Waals surface area contributed by atoms with Crippen LogP contribution in [0.4, 0.5) is 5.69 Å². The molecule has 2 aromatic rings. The van der Waals surface area contributed by atoms with Gasteiger partial charge in [0.05, 0.1) is 12.1 Å². The summed E-state index contributed by atoms with van der Waals surface area (Å²) in [5.74, 6) is 1.63. The second kappa shape index (κ2) is 7.89. The van der Waals surface area contributed by atoms with Crippen molar-refractivity contribution in [1.29, 1.82) is 0 Å². The van der Waals surface area contributed by atoms with E-state index < -0.39 is 5.54 Å². The van der Waals surface area contributed by atoms with E-state index in [-0.39, 0.29) is 11.8 Å². The van der Waals surface area contributed by atoms with Gasteiger partial charge >= 0.3 is 0 Å². The molecule has 0 bridgehead atoms. The number of nitrogens with two attached hydrogens (primary N) is 1. The van der Waals surface area contributed by atoms with Crippen molar-refractivity contribution in [1.82, 2.24) is 0 Å². The van der Waals surface area contributed by atoms with E-state index in [1.54, 1.807) is 14.0 Å². The molecule has 1 amide bonds. The Hall–Kier alpha value is -2.37. The molecule has 0 aromatic heterocycles. The van der Waals surface area contributed by atoms with E-state index in [4.69, 9.17) is 15.2 Å². The fraction of sp³-hybridized carbons (Fsp3) is 0.381. The normalized spacial score (nSPS) is 16.0. The molecule has 0 aliphatic heterocycles. The number of nitrogens with one attached hydrogen (secondary N) is 1. The first-order valence-electron chi connectivity index (χ1n) is 8.95. The maximum atomic E-state index is 12.3. The number of hydrogen-bond acceptors (Lipinski definition) is 4. The first-order valence-corrected chi connectivity index (χ1v) is 8.95. The first-order chi connectivity index (χ1) is 12.5. The van der Waals surface area contributed by atoms with Crippen molar-refractivity contribution in [2.45, 2.75) is 31.7 Å². The van der Waals surface area contributed by atoms with Crippen molar-refractivity contribution in [2.75, 3.05) is 19.0 Å². The zero-order valence-corrected chi connectivity index (χ0v) is 15.3. The summed E-state index contributed by atoms with van der Waals surface area (Å²) >= 11 is 0. The topological polar surface area (TPSA) is 73.6 Å². The molecular weight excluding hydrogens is 328 g/mol. The summed E-state index contributed by atoms with van der Waals surface area (Å²) in [7, 11) is 1.70. The summed E-state index contributed by atoms with van der Waals surface area (Å²) in [5, 5.41) is 2.89. The lowest BCUT2D eigenvalue weighted by Gasteiger charge is -2.23. The fourth-order valence-electron chi connectivity index (χ4n) is 2.82. The molecule has 0 heterocycles. The largest absolute Gasteiger partial charge is 0.457 e. The van der Waals surface area contributed by atoms with Gasteiger partial charge in [-0.2, -0.15) is 0 Å². The predicted octanol–water partition coefficient (Wildman–Crippen LogP) is 3.73. The number of amides is 1. The summed E-state index contributed by atoms with van der Waals surface area (Å²) in [5.41, 5.74) is 7.26. The van der Waals surface area contributed by atoms with E-state index >= 15 is 0 Å². The molecule has 1 fully saturated rings. The average Bonchev–Trinajstić information content (AvgIpc) is 3.48. The molecule has 3 rings (SSSR count). The van der Waals surface area contributed by atoms with Gasteiger partial charge in [0.15, 0.2) is 0 Å². The molecule has 1 aliphatic rings. The Morgan fingerprint density at radius 2 is 1.69 bits per heavy atom. The van der Waals surface area contributed by atoms with E-state index in [1.165, 1.54) is 5.56 Å². The van der Waals surface area contributed by atoms with Crippen LogP contribution in [0.25, 0.3) is 0 Å². The molecule has 0 unspecified atom stereocenters. The minimum atomic E-state index is -0.806. The van der Waals surface area contributed by atoms with Crippen LogP contribution in [0.5, 0.6) is 11.5 Å². The molecule has 1 saturated carbocycles. The van der Waals surface area contributed by atoms with Crippen LogP contribution in [0, 0.1) is 5.92 Å². The molecule has 2 aromatic carbocycles. The van der Waals surface area contributed by atoms with Gasteiger partial charge in [0.1, 0.15) is 11.5 Å². The zero-order valence-electron chi connectivity index (χ0n) is 15.3. The molecule has 1 aliphatic carbocycles. The smallest absolute Gasteiger partial charge is 0.244 e. The first kappa shape index (κ1) is 18.4. The average molecular weight is 354 g/mol. The fourth-order valence-corrected chi connectivity index (χ4v) is 2.82. The van der Waals surface area contributed by atoms with Gasteiger partial charge in [0.25, 0.3) is 0 Å². The quantitative estimate of drug-likeness (QED) is 0.757. The Bertz CT molecular complexity index is 735. The lowest BCUT2D eigenvalue weighted by atomic mass is 9.96. The predicted molar refractivity (Wildman–Crippen MR) is 102 cm³/mol. The maximum Gasteiger partial charge on any atom is 0.244 e. The number of carbonyl (C=O) groups excluding carboxylic acids is 1. The minimum Gasteiger partial charge on any atom is -0.457 e. The highest BCUT2D eigenvalue weighted by Gasteiger charge is 2.44. The summed E-state index contributed by atoms with van der Waals surface area (Å²) in [6.45, 7) is 2.50. The van der Waals surface area contributed by atoms with Crippen LogP contribution in [0.15, 0.2) is 48.5 Å². The van der Waals surface area contributed by atoms with Gasteiger partial charge in [-0.1, -0.05) is 12.1 Å². The molecule has 138 valence electrons. The molecule has 0 saturated heterocycles. The molecular formula is C21H26N2O3. The number of hydrogen-bond donors (Lipinski definition) is 2. The number of benzene rings is 2. The summed E-state index contributed by atoms with van der Waals surface area (Å²) < 4.78 is 10.9. The highest BCUT2D eigenvalue weighted by Crippen LogP contribution is 2.38. The highest BCUT2D eigenvalue weighted by molar-refractivity contribution is 5.98.